The maximum atomic E-state index is 5.61. The third kappa shape index (κ3) is 3.80. The number of nitrogen functional groups attached to an aromatic ring is 1. The zero-order chi connectivity index (χ0) is 9.68. The van der Waals surface area contributed by atoms with E-state index in [-0.39, 0.29) is 0 Å². The van der Waals surface area contributed by atoms with Crippen LogP contribution in [0.2, 0.25) is 0 Å². The first kappa shape index (κ1) is 9.86. The summed E-state index contributed by atoms with van der Waals surface area (Å²) in [4.78, 5) is 0. The van der Waals surface area contributed by atoms with E-state index in [0.29, 0.717) is 0 Å². The molecule has 13 heavy (non-hydrogen) atoms. The van der Waals surface area contributed by atoms with Crippen molar-refractivity contribution in [3.05, 3.63) is 35.5 Å². The van der Waals surface area contributed by atoms with Gasteiger partial charge in [-0.3, -0.25) is 0 Å². The third-order valence-electron chi connectivity index (χ3n) is 1.60. The van der Waals surface area contributed by atoms with E-state index in [9.17, 15) is 0 Å². The number of nitrogens with two attached hydrogens (primary N) is 1. The van der Waals surface area contributed by atoms with Gasteiger partial charge in [0.2, 0.25) is 9.76 Å². The number of hydrogen-bond acceptors (Lipinski definition) is 2. The van der Waals surface area contributed by atoms with Crippen LogP contribution in [-0.4, -0.2) is 9.76 Å². The Kier molecular flexibility index (Phi) is 3.58. The van der Waals surface area contributed by atoms with Gasteiger partial charge < -0.3 is 10.2 Å². The predicted molar refractivity (Wildman–Crippen MR) is 59.5 cm³/mol. The van der Waals surface area contributed by atoms with E-state index in [1.54, 1.807) is 0 Å². The smallest absolute Gasteiger partial charge is 0.244 e. The second-order valence-corrected chi connectivity index (χ2v) is 4.20. The standard InChI is InChI=1S/C10H15NOSi/c1-8(2)7-13-12-10-5-3-4-9(11)6-10/h3-7H,11,13H2,1-2H3. The molecule has 0 aromatic heterocycles. The maximum absolute atomic E-state index is 5.61. The van der Waals surface area contributed by atoms with Crippen LogP contribution in [0, 0.1) is 0 Å². The number of benzene rings is 1. The average molecular weight is 193 g/mol. The van der Waals surface area contributed by atoms with Gasteiger partial charge in [-0.25, -0.2) is 0 Å². The zero-order valence-electron chi connectivity index (χ0n) is 8.08. The molecular weight excluding hydrogens is 178 g/mol. The lowest BCUT2D eigenvalue weighted by Crippen LogP contribution is -1.99. The minimum Gasteiger partial charge on any atom is -0.545 e. The Bertz CT molecular complexity index is 306. The molecule has 2 nitrogen and oxygen atoms in total. The highest BCUT2D eigenvalue weighted by Gasteiger charge is 1.91. The molecule has 0 saturated heterocycles. The predicted octanol–water partition coefficient (Wildman–Crippen LogP) is 1.66. The molecule has 0 bridgehead atoms. The summed E-state index contributed by atoms with van der Waals surface area (Å²) in [6.45, 7) is 4.16. The molecule has 1 aromatic carbocycles. The minimum absolute atomic E-state index is 0.568. The van der Waals surface area contributed by atoms with Gasteiger partial charge in [-0.05, 0) is 26.0 Å². The molecular formula is C10H15NOSi. The van der Waals surface area contributed by atoms with Crippen molar-refractivity contribution in [3.63, 3.8) is 0 Å². The Morgan fingerprint density at radius 3 is 2.85 bits per heavy atom. The van der Waals surface area contributed by atoms with Crippen LogP contribution in [-0.2, 0) is 0 Å². The fraction of sp³-hybridized carbons (Fsp3) is 0.200. The summed E-state index contributed by atoms with van der Waals surface area (Å²) < 4.78 is 5.58. The monoisotopic (exact) mass is 193 g/mol. The lowest BCUT2D eigenvalue weighted by Gasteiger charge is -2.03. The quantitative estimate of drug-likeness (QED) is 0.585. The van der Waals surface area contributed by atoms with E-state index in [1.165, 1.54) is 5.57 Å². The van der Waals surface area contributed by atoms with Gasteiger partial charge in [0.05, 0.1) is 0 Å². The van der Waals surface area contributed by atoms with E-state index < -0.39 is 9.76 Å². The molecule has 0 heterocycles. The normalized spacial score (nSPS) is 10.3. The van der Waals surface area contributed by atoms with Crippen molar-refractivity contribution in [2.24, 2.45) is 0 Å². The molecule has 1 rings (SSSR count). The number of allylic oxidation sites excluding steroid dienone is 1. The highest BCUT2D eigenvalue weighted by atomic mass is 28.2. The van der Waals surface area contributed by atoms with Crippen LogP contribution < -0.4 is 10.2 Å². The van der Waals surface area contributed by atoms with Crippen LogP contribution in [0.25, 0.3) is 0 Å². The fourth-order valence-corrected chi connectivity index (χ4v) is 1.70. The van der Waals surface area contributed by atoms with Crippen molar-refractivity contribution in [1.82, 2.24) is 0 Å². The van der Waals surface area contributed by atoms with Crippen molar-refractivity contribution in [3.8, 4) is 5.75 Å². The molecule has 2 N–H and O–H groups in total. The van der Waals surface area contributed by atoms with Crippen molar-refractivity contribution in [1.29, 1.82) is 0 Å². The lowest BCUT2D eigenvalue weighted by molar-refractivity contribution is 0.604. The van der Waals surface area contributed by atoms with Gasteiger partial charge in [-0.1, -0.05) is 17.3 Å². The van der Waals surface area contributed by atoms with Gasteiger partial charge in [-0.2, -0.15) is 0 Å². The Morgan fingerprint density at radius 2 is 2.23 bits per heavy atom. The zero-order valence-corrected chi connectivity index (χ0v) is 9.49. The molecule has 0 aliphatic carbocycles. The largest absolute Gasteiger partial charge is 0.545 e. The van der Waals surface area contributed by atoms with Gasteiger partial charge in [0, 0.05) is 11.8 Å². The van der Waals surface area contributed by atoms with E-state index in [1.807, 2.05) is 24.3 Å². The lowest BCUT2D eigenvalue weighted by atomic mass is 10.3. The van der Waals surface area contributed by atoms with Crippen molar-refractivity contribution in [2.75, 3.05) is 5.73 Å². The van der Waals surface area contributed by atoms with E-state index in [2.05, 4.69) is 19.5 Å². The number of hydrogen-bond donors (Lipinski definition) is 1. The fourth-order valence-electron chi connectivity index (χ4n) is 0.909. The first-order chi connectivity index (χ1) is 6.18. The Hall–Kier alpha value is -1.22. The first-order valence-corrected chi connectivity index (χ1v) is 5.69. The van der Waals surface area contributed by atoms with Gasteiger partial charge in [-0.15, -0.1) is 0 Å². The van der Waals surface area contributed by atoms with Crippen LogP contribution >= 0.6 is 0 Å². The van der Waals surface area contributed by atoms with Gasteiger partial charge in [0.25, 0.3) is 0 Å². The molecule has 0 spiro atoms. The SMILES string of the molecule is CC(C)=C[SiH2]Oc1cccc(N)c1. The highest BCUT2D eigenvalue weighted by Crippen LogP contribution is 2.13. The summed E-state index contributed by atoms with van der Waals surface area (Å²) in [5, 5.41) is 0. The molecule has 70 valence electrons. The molecule has 0 radical (unpaired) electrons. The summed E-state index contributed by atoms with van der Waals surface area (Å²) in [6, 6.07) is 7.55. The van der Waals surface area contributed by atoms with Crippen molar-refractivity contribution < 1.29 is 4.43 Å². The summed E-state index contributed by atoms with van der Waals surface area (Å²) in [5.41, 5.74) is 9.85. The molecule has 0 amide bonds. The molecule has 0 aliphatic heterocycles. The summed E-state index contributed by atoms with van der Waals surface area (Å²) in [5.74, 6) is 0.879. The second kappa shape index (κ2) is 4.72. The summed E-state index contributed by atoms with van der Waals surface area (Å²) >= 11 is 0. The van der Waals surface area contributed by atoms with E-state index >= 15 is 0 Å². The molecule has 0 fully saturated rings. The van der Waals surface area contributed by atoms with Crippen LogP contribution in [0.15, 0.2) is 35.5 Å². The third-order valence-corrected chi connectivity index (χ3v) is 3.08. The van der Waals surface area contributed by atoms with Gasteiger partial charge >= 0.3 is 0 Å². The Morgan fingerprint density at radius 1 is 1.46 bits per heavy atom. The van der Waals surface area contributed by atoms with Crippen LogP contribution in [0.1, 0.15) is 13.8 Å². The van der Waals surface area contributed by atoms with E-state index in [4.69, 9.17) is 10.2 Å². The Labute approximate surface area is 81.4 Å². The topological polar surface area (TPSA) is 35.2 Å². The van der Waals surface area contributed by atoms with Gasteiger partial charge in [0.15, 0.2) is 0 Å². The van der Waals surface area contributed by atoms with Crippen LogP contribution in [0.4, 0.5) is 5.69 Å². The molecule has 0 unspecified atom stereocenters. The van der Waals surface area contributed by atoms with Crippen molar-refractivity contribution >= 4 is 15.5 Å². The average Bonchev–Trinajstić information content (AvgIpc) is 2.03. The van der Waals surface area contributed by atoms with Crippen molar-refractivity contribution in [2.45, 2.75) is 13.8 Å². The van der Waals surface area contributed by atoms with Crippen LogP contribution in [0.3, 0.4) is 0 Å². The summed E-state index contributed by atoms with van der Waals surface area (Å²) in [6.07, 6.45) is 0. The highest BCUT2D eigenvalue weighted by molar-refractivity contribution is 6.35. The molecule has 3 heteroatoms. The number of rotatable bonds is 3. The first-order valence-electron chi connectivity index (χ1n) is 4.30. The molecule has 0 saturated carbocycles. The minimum atomic E-state index is -0.568. The van der Waals surface area contributed by atoms with E-state index in [0.717, 1.165) is 11.4 Å². The molecule has 0 atom stereocenters. The van der Waals surface area contributed by atoms with Crippen LogP contribution in [0.5, 0.6) is 5.75 Å². The Balaban J connectivity index is 2.50. The molecule has 1 aromatic rings. The number of anilines is 1. The molecule has 0 aliphatic rings. The second-order valence-electron chi connectivity index (χ2n) is 3.16. The summed E-state index contributed by atoms with van der Waals surface area (Å²) in [7, 11) is -0.568. The van der Waals surface area contributed by atoms with Gasteiger partial charge in [0.1, 0.15) is 5.75 Å². The maximum Gasteiger partial charge on any atom is 0.244 e.